The van der Waals surface area contributed by atoms with E-state index in [0.29, 0.717) is 6.54 Å². The minimum absolute atomic E-state index is 0.0309. The third-order valence-electron chi connectivity index (χ3n) is 2.34. The summed E-state index contributed by atoms with van der Waals surface area (Å²) in [6, 6.07) is 1.82. The number of nitrogens with zero attached hydrogens (tertiary/aromatic N) is 1. The lowest BCUT2D eigenvalue weighted by Gasteiger charge is -2.24. The van der Waals surface area contributed by atoms with Gasteiger partial charge in [-0.2, -0.15) is 0 Å². The zero-order valence-corrected chi connectivity index (χ0v) is 11.1. The molecular weight excluding hydrogens is 258 g/mol. The van der Waals surface area contributed by atoms with Crippen molar-refractivity contribution in [2.75, 3.05) is 7.11 Å². The van der Waals surface area contributed by atoms with Crippen molar-refractivity contribution >= 4 is 15.9 Å². The summed E-state index contributed by atoms with van der Waals surface area (Å²) in [5.41, 5.74) is 0.427. The van der Waals surface area contributed by atoms with Gasteiger partial charge in [-0.15, -0.1) is 0 Å². The largest absolute Gasteiger partial charge is 0.377 e. The first kappa shape index (κ1) is 12.5. The third kappa shape index (κ3) is 3.18. The van der Waals surface area contributed by atoms with Gasteiger partial charge in [-0.3, -0.25) is 4.79 Å². The van der Waals surface area contributed by atoms with E-state index in [-0.39, 0.29) is 11.2 Å². The van der Waals surface area contributed by atoms with Gasteiger partial charge in [0.25, 0.3) is 5.56 Å². The van der Waals surface area contributed by atoms with Crippen LogP contribution < -0.4 is 5.56 Å². The number of hydrogen-bond acceptors (Lipinski definition) is 2. The Hall–Kier alpha value is -0.610. The van der Waals surface area contributed by atoms with Gasteiger partial charge in [0.15, 0.2) is 0 Å². The second kappa shape index (κ2) is 4.49. The summed E-state index contributed by atoms with van der Waals surface area (Å²) < 4.78 is 7.88. The first-order valence-electron chi connectivity index (χ1n) is 4.77. The number of methoxy groups -OCH3 is 1. The molecule has 0 N–H and O–H groups in total. The molecule has 0 aliphatic heterocycles. The van der Waals surface area contributed by atoms with Crippen molar-refractivity contribution in [3.8, 4) is 0 Å². The van der Waals surface area contributed by atoms with Crippen LogP contribution in [0.4, 0.5) is 0 Å². The smallest absolute Gasteiger partial charge is 0.253 e. The average molecular weight is 274 g/mol. The van der Waals surface area contributed by atoms with E-state index < -0.39 is 0 Å². The average Bonchev–Trinajstić information content (AvgIpc) is 2.13. The number of aryl methyl sites for hydroxylation is 1. The molecule has 15 heavy (non-hydrogen) atoms. The van der Waals surface area contributed by atoms with Crippen LogP contribution in [0.2, 0.25) is 0 Å². The molecule has 1 heterocycles. The van der Waals surface area contributed by atoms with Crippen molar-refractivity contribution in [1.82, 2.24) is 4.57 Å². The lowest BCUT2D eigenvalue weighted by Crippen LogP contribution is -2.34. The fourth-order valence-corrected chi connectivity index (χ4v) is 1.92. The maximum Gasteiger partial charge on any atom is 0.253 e. The van der Waals surface area contributed by atoms with Gasteiger partial charge in [0.1, 0.15) is 0 Å². The molecular formula is C11H16BrNO2. The first-order chi connectivity index (χ1) is 6.85. The fourth-order valence-electron chi connectivity index (χ4n) is 1.33. The quantitative estimate of drug-likeness (QED) is 0.847. The van der Waals surface area contributed by atoms with E-state index in [1.54, 1.807) is 17.9 Å². The Balaban J connectivity index is 3.11. The molecule has 0 unspecified atom stereocenters. The molecule has 0 fully saturated rings. The number of pyridine rings is 1. The number of rotatable bonds is 3. The summed E-state index contributed by atoms with van der Waals surface area (Å²) in [6.45, 7) is 6.26. The van der Waals surface area contributed by atoms with Crippen LogP contribution in [-0.4, -0.2) is 17.3 Å². The maximum absolute atomic E-state index is 11.8. The van der Waals surface area contributed by atoms with Gasteiger partial charge < -0.3 is 9.30 Å². The van der Waals surface area contributed by atoms with Crippen LogP contribution in [0.15, 0.2) is 21.5 Å². The lowest BCUT2D eigenvalue weighted by molar-refractivity contribution is 0.00731. The topological polar surface area (TPSA) is 31.2 Å². The second-order valence-corrected chi connectivity index (χ2v) is 5.15. The molecule has 0 bridgehead atoms. The number of aromatic nitrogens is 1. The summed E-state index contributed by atoms with van der Waals surface area (Å²) in [5.74, 6) is 0. The zero-order valence-electron chi connectivity index (χ0n) is 9.50. The van der Waals surface area contributed by atoms with Crippen molar-refractivity contribution in [2.45, 2.75) is 32.9 Å². The molecule has 0 amide bonds. The molecule has 1 aromatic heterocycles. The van der Waals surface area contributed by atoms with Crippen molar-refractivity contribution in [1.29, 1.82) is 0 Å². The van der Waals surface area contributed by atoms with Gasteiger partial charge in [0, 0.05) is 23.3 Å². The van der Waals surface area contributed by atoms with E-state index in [2.05, 4.69) is 15.9 Å². The molecule has 1 rings (SSSR count). The predicted octanol–water partition coefficient (Wildman–Crippen LogP) is 2.34. The lowest BCUT2D eigenvalue weighted by atomic mass is 10.1. The Kier molecular flexibility index (Phi) is 3.73. The molecule has 1 aromatic rings. The van der Waals surface area contributed by atoms with Crippen molar-refractivity contribution in [2.24, 2.45) is 0 Å². The van der Waals surface area contributed by atoms with Crippen LogP contribution in [0, 0.1) is 6.92 Å². The van der Waals surface area contributed by atoms with E-state index in [9.17, 15) is 4.79 Å². The highest BCUT2D eigenvalue weighted by Crippen LogP contribution is 2.13. The normalized spacial score (nSPS) is 11.8. The minimum atomic E-state index is -0.336. The molecule has 4 heteroatoms. The van der Waals surface area contributed by atoms with Gasteiger partial charge in [-0.05, 0) is 42.8 Å². The molecule has 0 aromatic carbocycles. The van der Waals surface area contributed by atoms with Gasteiger partial charge in [-0.1, -0.05) is 0 Å². The van der Waals surface area contributed by atoms with Crippen LogP contribution in [0.1, 0.15) is 19.4 Å². The summed E-state index contributed by atoms with van der Waals surface area (Å²) in [5, 5.41) is 0. The summed E-state index contributed by atoms with van der Waals surface area (Å²) >= 11 is 3.38. The van der Waals surface area contributed by atoms with E-state index in [1.807, 2.05) is 26.8 Å². The Morgan fingerprint density at radius 3 is 2.67 bits per heavy atom. The van der Waals surface area contributed by atoms with Crippen LogP contribution in [0.3, 0.4) is 0 Å². The zero-order chi connectivity index (χ0) is 11.6. The van der Waals surface area contributed by atoms with Crippen LogP contribution in [0.5, 0.6) is 0 Å². The monoisotopic (exact) mass is 273 g/mol. The molecule has 0 saturated carbocycles. The highest BCUT2D eigenvalue weighted by molar-refractivity contribution is 9.10. The molecule has 0 saturated heterocycles. The molecule has 0 aliphatic carbocycles. The van der Waals surface area contributed by atoms with E-state index in [4.69, 9.17) is 4.74 Å². The maximum atomic E-state index is 11.8. The Morgan fingerprint density at radius 2 is 2.13 bits per heavy atom. The van der Waals surface area contributed by atoms with Gasteiger partial charge in [0.05, 0.1) is 12.1 Å². The molecule has 0 atom stereocenters. The van der Waals surface area contributed by atoms with E-state index in [0.717, 1.165) is 10.0 Å². The van der Waals surface area contributed by atoms with Gasteiger partial charge in [-0.25, -0.2) is 0 Å². The Bertz CT molecular complexity index is 410. The fraction of sp³-hybridized carbons (Fsp3) is 0.545. The van der Waals surface area contributed by atoms with Crippen molar-refractivity contribution < 1.29 is 4.74 Å². The Labute approximate surface area is 98.2 Å². The highest BCUT2D eigenvalue weighted by Gasteiger charge is 2.18. The number of hydrogen-bond donors (Lipinski definition) is 0. The molecule has 0 aliphatic rings. The van der Waals surface area contributed by atoms with Crippen LogP contribution in [-0.2, 0) is 11.3 Å². The highest BCUT2D eigenvalue weighted by atomic mass is 79.9. The number of ether oxygens (including phenoxy) is 1. The Morgan fingerprint density at radius 1 is 1.53 bits per heavy atom. The van der Waals surface area contributed by atoms with Gasteiger partial charge >= 0.3 is 0 Å². The third-order valence-corrected chi connectivity index (χ3v) is 2.77. The van der Waals surface area contributed by atoms with Crippen molar-refractivity contribution in [3.05, 3.63) is 32.7 Å². The molecule has 0 radical (unpaired) electrons. The molecule has 84 valence electrons. The SMILES string of the molecule is COC(C)(C)Cn1cc(Br)cc(C)c1=O. The van der Waals surface area contributed by atoms with Crippen LogP contribution >= 0.6 is 15.9 Å². The standard InChI is InChI=1S/C11H16BrNO2/c1-8-5-9(12)6-13(10(8)14)7-11(2,3)15-4/h5-6H,7H2,1-4H3. The summed E-state index contributed by atoms with van der Waals surface area (Å²) in [6.07, 6.45) is 1.79. The predicted molar refractivity (Wildman–Crippen MR) is 64.2 cm³/mol. The first-order valence-corrected chi connectivity index (χ1v) is 5.57. The minimum Gasteiger partial charge on any atom is -0.377 e. The number of halogens is 1. The molecule has 0 spiro atoms. The second-order valence-electron chi connectivity index (χ2n) is 4.24. The summed E-state index contributed by atoms with van der Waals surface area (Å²) in [7, 11) is 1.65. The molecule has 3 nitrogen and oxygen atoms in total. The van der Waals surface area contributed by atoms with Crippen LogP contribution in [0.25, 0.3) is 0 Å². The van der Waals surface area contributed by atoms with Gasteiger partial charge in [0.2, 0.25) is 0 Å². The van der Waals surface area contributed by atoms with E-state index in [1.165, 1.54) is 0 Å². The van der Waals surface area contributed by atoms with Crippen molar-refractivity contribution in [3.63, 3.8) is 0 Å². The van der Waals surface area contributed by atoms with E-state index >= 15 is 0 Å². The summed E-state index contributed by atoms with van der Waals surface area (Å²) in [4.78, 5) is 11.8.